The number of hydrogen-bond acceptors (Lipinski definition) is 5. The molecule has 5 nitrogen and oxygen atoms in total. The summed E-state index contributed by atoms with van der Waals surface area (Å²) in [6.45, 7) is 0. The molecule has 0 spiro atoms. The van der Waals surface area contributed by atoms with E-state index in [4.69, 9.17) is 23.8 Å². The van der Waals surface area contributed by atoms with Crippen molar-refractivity contribution in [2.45, 2.75) is 0 Å². The third-order valence-corrected chi connectivity index (χ3v) is 10.4. The van der Waals surface area contributed by atoms with Crippen LogP contribution >= 0.6 is 0 Å². The van der Waals surface area contributed by atoms with Gasteiger partial charge < -0.3 is 8.83 Å². The zero-order chi connectivity index (χ0) is 34.2. The molecular weight excluding hydrogens is 639 g/mol. The van der Waals surface area contributed by atoms with E-state index in [1.54, 1.807) is 0 Å². The van der Waals surface area contributed by atoms with Crippen molar-refractivity contribution in [3.63, 3.8) is 0 Å². The molecule has 0 saturated heterocycles. The molecule has 2 unspecified atom stereocenters. The number of nitrogens with zero attached hydrogens (tertiary/aromatic N) is 3. The zero-order valence-corrected chi connectivity index (χ0v) is 27.9. The second kappa shape index (κ2) is 11.3. The standard InChI is InChI=1S/C47H29N3O2/c1-2-12-29(13-3-1)45-48-46(33-22-21-28-11-4-5-14-30(28)25-33)50-47(49-45)38-24-23-36(44-42(38)37-17-8-9-20-40(37)51-44)34-18-10-19-35-39-26-31-15-6-7-16-32(31)27-41(39)52-43(34)35/h1-28,30H. The van der Waals surface area contributed by atoms with E-state index in [1.807, 2.05) is 48.5 Å². The van der Waals surface area contributed by atoms with Crippen molar-refractivity contribution in [1.82, 2.24) is 15.0 Å². The summed E-state index contributed by atoms with van der Waals surface area (Å²) in [6, 6.07) is 41.7. The van der Waals surface area contributed by atoms with Crippen LogP contribution < -0.4 is 0 Å². The van der Waals surface area contributed by atoms with Crippen LogP contribution in [-0.2, 0) is 0 Å². The van der Waals surface area contributed by atoms with Crippen molar-refractivity contribution in [1.29, 1.82) is 0 Å². The van der Waals surface area contributed by atoms with Gasteiger partial charge in [0.25, 0.3) is 0 Å². The number of hydrogen-bond donors (Lipinski definition) is 0. The van der Waals surface area contributed by atoms with Crippen molar-refractivity contribution in [2.24, 2.45) is 11.8 Å². The minimum absolute atomic E-state index is 0.258. The highest BCUT2D eigenvalue weighted by molar-refractivity contribution is 6.19. The molecule has 52 heavy (non-hydrogen) atoms. The molecule has 0 saturated carbocycles. The molecule has 0 N–H and O–H groups in total. The maximum atomic E-state index is 6.76. The van der Waals surface area contributed by atoms with Gasteiger partial charge in [0.1, 0.15) is 22.3 Å². The summed E-state index contributed by atoms with van der Waals surface area (Å²) < 4.78 is 13.4. The first-order valence-electron chi connectivity index (χ1n) is 17.6. The van der Waals surface area contributed by atoms with Crippen molar-refractivity contribution >= 4 is 60.2 Å². The summed E-state index contributed by atoms with van der Waals surface area (Å²) >= 11 is 0. The van der Waals surface area contributed by atoms with E-state index in [0.717, 1.165) is 77.1 Å². The lowest BCUT2D eigenvalue weighted by atomic mass is 9.83. The molecule has 3 aromatic heterocycles. The number of allylic oxidation sites excluding steroid dienone is 8. The Hall–Kier alpha value is -6.85. The van der Waals surface area contributed by atoms with Crippen LogP contribution in [0.2, 0.25) is 0 Å². The molecule has 2 aliphatic carbocycles. The fraction of sp³-hybridized carbons (Fsp3) is 0.0426. The van der Waals surface area contributed by atoms with E-state index in [9.17, 15) is 0 Å². The lowest BCUT2D eigenvalue weighted by molar-refractivity contribution is 0.662. The van der Waals surface area contributed by atoms with Crippen molar-refractivity contribution in [2.75, 3.05) is 0 Å². The SMILES string of the molecule is C1=CC2C=CC(c3nc(-c4ccccc4)nc(-c4ccc(-c5cccc6c5oc5cc7ccccc7cc56)c5oc6ccccc6c45)n3)=CC2C=C1. The second-order valence-electron chi connectivity index (χ2n) is 13.5. The van der Waals surface area contributed by atoms with Crippen LogP contribution in [0.3, 0.4) is 0 Å². The predicted molar refractivity (Wildman–Crippen MR) is 211 cm³/mol. The Bertz CT molecular complexity index is 3030. The number of aromatic nitrogens is 3. The van der Waals surface area contributed by atoms with Crippen LogP contribution in [0.15, 0.2) is 173 Å². The Kier molecular flexibility index (Phi) is 6.31. The number of benzene rings is 6. The Morgan fingerprint density at radius 2 is 1.15 bits per heavy atom. The average molecular weight is 668 g/mol. The largest absolute Gasteiger partial charge is 0.455 e. The number of fused-ring (bicyclic) bond motifs is 8. The van der Waals surface area contributed by atoms with Gasteiger partial charge in [-0.15, -0.1) is 0 Å². The Labute approximate surface area is 298 Å². The molecule has 0 fully saturated rings. The topological polar surface area (TPSA) is 65.0 Å². The highest BCUT2D eigenvalue weighted by Gasteiger charge is 2.24. The normalized spacial score (nSPS) is 16.7. The van der Waals surface area contributed by atoms with Crippen LogP contribution in [-0.4, -0.2) is 15.0 Å². The Balaban J connectivity index is 1.15. The summed E-state index contributed by atoms with van der Waals surface area (Å²) in [4.78, 5) is 15.4. The number of rotatable bonds is 4. The summed E-state index contributed by atoms with van der Waals surface area (Å²) in [5, 5.41) is 6.45. The third kappa shape index (κ3) is 4.53. The van der Waals surface area contributed by atoms with Crippen LogP contribution in [0.5, 0.6) is 0 Å². The van der Waals surface area contributed by atoms with Crippen LogP contribution in [0.4, 0.5) is 0 Å². The lowest BCUT2D eigenvalue weighted by Gasteiger charge is -2.22. The van der Waals surface area contributed by atoms with E-state index < -0.39 is 0 Å². The fourth-order valence-corrected chi connectivity index (χ4v) is 7.89. The van der Waals surface area contributed by atoms with Gasteiger partial charge in [-0.25, -0.2) is 15.0 Å². The molecule has 0 bridgehead atoms. The van der Waals surface area contributed by atoms with E-state index >= 15 is 0 Å². The van der Waals surface area contributed by atoms with Gasteiger partial charge in [0, 0.05) is 61.2 Å². The molecule has 2 aliphatic rings. The van der Waals surface area contributed by atoms with Crippen molar-refractivity contribution in [3.8, 4) is 33.9 Å². The summed E-state index contributed by atoms with van der Waals surface area (Å²) in [7, 11) is 0. The highest BCUT2D eigenvalue weighted by atomic mass is 16.3. The van der Waals surface area contributed by atoms with Crippen LogP contribution in [0, 0.1) is 11.8 Å². The Morgan fingerprint density at radius 1 is 0.462 bits per heavy atom. The minimum Gasteiger partial charge on any atom is -0.455 e. The maximum Gasteiger partial charge on any atom is 0.164 e. The smallest absolute Gasteiger partial charge is 0.164 e. The van der Waals surface area contributed by atoms with Gasteiger partial charge in [-0.2, -0.15) is 0 Å². The van der Waals surface area contributed by atoms with Gasteiger partial charge >= 0.3 is 0 Å². The molecule has 0 amide bonds. The first-order chi connectivity index (χ1) is 25.7. The van der Waals surface area contributed by atoms with Crippen LogP contribution in [0.25, 0.3) is 94.1 Å². The van der Waals surface area contributed by atoms with E-state index in [0.29, 0.717) is 23.4 Å². The average Bonchev–Trinajstić information content (AvgIpc) is 3.78. The molecule has 5 heteroatoms. The zero-order valence-electron chi connectivity index (χ0n) is 27.9. The number of para-hydroxylation sites is 2. The van der Waals surface area contributed by atoms with Gasteiger partial charge in [-0.1, -0.05) is 134 Å². The molecule has 3 heterocycles. The van der Waals surface area contributed by atoms with Gasteiger partial charge in [0.15, 0.2) is 17.5 Å². The van der Waals surface area contributed by atoms with Crippen LogP contribution in [0.1, 0.15) is 5.82 Å². The molecule has 0 aliphatic heterocycles. The monoisotopic (exact) mass is 667 g/mol. The van der Waals surface area contributed by atoms with Gasteiger partial charge in [0.2, 0.25) is 0 Å². The van der Waals surface area contributed by atoms with Crippen molar-refractivity contribution < 1.29 is 8.83 Å². The molecule has 11 rings (SSSR count). The maximum absolute atomic E-state index is 6.76. The minimum atomic E-state index is 0.258. The molecule has 0 radical (unpaired) electrons. The first-order valence-corrected chi connectivity index (χ1v) is 17.6. The molecule has 2 atom stereocenters. The van der Waals surface area contributed by atoms with Crippen molar-refractivity contribution in [3.05, 3.63) is 170 Å². The number of furan rings is 2. The quantitative estimate of drug-likeness (QED) is 0.187. The molecular formula is C47H29N3O2. The third-order valence-electron chi connectivity index (χ3n) is 10.4. The van der Waals surface area contributed by atoms with E-state index in [-0.39, 0.29) is 5.92 Å². The molecule has 9 aromatic rings. The molecule has 244 valence electrons. The lowest BCUT2D eigenvalue weighted by Crippen LogP contribution is -2.12. The summed E-state index contributed by atoms with van der Waals surface area (Å²) in [5.74, 6) is 2.46. The van der Waals surface area contributed by atoms with Gasteiger partial charge in [-0.05, 0) is 41.1 Å². The predicted octanol–water partition coefficient (Wildman–Crippen LogP) is 12.1. The van der Waals surface area contributed by atoms with Gasteiger partial charge in [-0.3, -0.25) is 0 Å². The Morgan fingerprint density at radius 3 is 2.06 bits per heavy atom. The summed E-state index contributed by atoms with van der Waals surface area (Å²) in [5.41, 5.74) is 7.97. The highest BCUT2D eigenvalue weighted by Crippen LogP contribution is 2.45. The fourth-order valence-electron chi connectivity index (χ4n) is 7.89. The first kappa shape index (κ1) is 28.9. The van der Waals surface area contributed by atoms with Gasteiger partial charge in [0.05, 0.1) is 0 Å². The second-order valence-corrected chi connectivity index (χ2v) is 13.5. The molecule has 6 aromatic carbocycles. The van der Waals surface area contributed by atoms with E-state index in [1.165, 1.54) is 5.39 Å². The summed E-state index contributed by atoms with van der Waals surface area (Å²) in [6.07, 6.45) is 15.3. The van der Waals surface area contributed by atoms with E-state index in [2.05, 4.69) is 115 Å².